The summed E-state index contributed by atoms with van der Waals surface area (Å²) < 4.78 is 0. The predicted octanol–water partition coefficient (Wildman–Crippen LogP) is 9.46. The van der Waals surface area contributed by atoms with Crippen molar-refractivity contribution >= 4 is 0 Å². The number of rotatable bonds is 26. The van der Waals surface area contributed by atoms with E-state index in [9.17, 15) is 0 Å². The molecule has 0 aliphatic rings. The monoisotopic (exact) mass is 426 g/mol. The maximum atomic E-state index is 8.79. The highest BCUT2D eigenvalue weighted by atomic mass is 16.5. The van der Waals surface area contributed by atoms with Crippen LogP contribution in [0.1, 0.15) is 174 Å². The highest BCUT2D eigenvalue weighted by molar-refractivity contribution is 4.52. The Hall–Kier alpha value is -0.0800. The van der Waals surface area contributed by atoms with Gasteiger partial charge in [0.25, 0.3) is 0 Å². The zero-order chi connectivity index (χ0) is 22.0. The van der Waals surface area contributed by atoms with E-state index in [1.807, 2.05) is 0 Å². The fourth-order valence-electron chi connectivity index (χ4n) is 4.47. The van der Waals surface area contributed by atoms with E-state index in [1.54, 1.807) is 0 Å². The van der Waals surface area contributed by atoms with Gasteiger partial charge in [-0.05, 0) is 12.8 Å². The Morgan fingerprint density at radius 3 is 0.733 bits per heavy atom. The standard InChI is InChI=1S/C28H58O2/c1-2-3-4-5-6-7-8-9-10-11-12-13-14-15-16-17-18-19-20-21-22-23-24-25-26-27-28(29)30/h28-30H,2-27H2,1H3. The molecule has 0 aromatic rings. The van der Waals surface area contributed by atoms with Crippen LogP contribution in [0, 0.1) is 0 Å². The molecule has 0 rings (SSSR count). The van der Waals surface area contributed by atoms with Crippen LogP contribution in [0.25, 0.3) is 0 Å². The van der Waals surface area contributed by atoms with Crippen molar-refractivity contribution in [3.63, 3.8) is 0 Å². The van der Waals surface area contributed by atoms with Gasteiger partial charge in [0.05, 0.1) is 0 Å². The van der Waals surface area contributed by atoms with E-state index in [0.717, 1.165) is 12.8 Å². The van der Waals surface area contributed by atoms with Gasteiger partial charge in [-0.2, -0.15) is 0 Å². The van der Waals surface area contributed by atoms with Crippen LogP contribution in [0.2, 0.25) is 0 Å². The van der Waals surface area contributed by atoms with Crippen molar-refractivity contribution < 1.29 is 10.2 Å². The molecule has 0 aliphatic heterocycles. The summed E-state index contributed by atoms with van der Waals surface area (Å²) in [6.07, 6.45) is 34.5. The molecule has 0 aromatic carbocycles. The van der Waals surface area contributed by atoms with Crippen LogP contribution in [-0.4, -0.2) is 16.5 Å². The molecule has 2 heteroatoms. The van der Waals surface area contributed by atoms with E-state index in [4.69, 9.17) is 10.2 Å². The van der Waals surface area contributed by atoms with E-state index >= 15 is 0 Å². The third kappa shape index (κ3) is 27.9. The van der Waals surface area contributed by atoms with Crippen molar-refractivity contribution in [2.24, 2.45) is 0 Å². The summed E-state index contributed by atoms with van der Waals surface area (Å²) in [7, 11) is 0. The molecule has 182 valence electrons. The SMILES string of the molecule is CCCCCCCCCCCCCCCCCCCCCCCCCCCC(O)O. The van der Waals surface area contributed by atoms with Crippen LogP contribution < -0.4 is 0 Å². The van der Waals surface area contributed by atoms with Crippen LogP contribution in [-0.2, 0) is 0 Å². The Labute approximate surface area is 190 Å². The second-order valence-corrected chi connectivity index (χ2v) is 9.75. The minimum absolute atomic E-state index is 0.541. The van der Waals surface area contributed by atoms with Crippen molar-refractivity contribution in [1.29, 1.82) is 0 Å². The Morgan fingerprint density at radius 1 is 0.333 bits per heavy atom. The highest BCUT2D eigenvalue weighted by Crippen LogP contribution is 2.16. The van der Waals surface area contributed by atoms with Crippen molar-refractivity contribution in [2.45, 2.75) is 180 Å². The average molecular weight is 427 g/mol. The first-order valence-corrected chi connectivity index (χ1v) is 14.1. The van der Waals surface area contributed by atoms with Gasteiger partial charge in [-0.3, -0.25) is 0 Å². The summed E-state index contributed by atoms with van der Waals surface area (Å²) in [6.45, 7) is 2.30. The Balaban J connectivity index is 2.99. The van der Waals surface area contributed by atoms with Crippen LogP contribution in [0.4, 0.5) is 0 Å². The largest absolute Gasteiger partial charge is 0.368 e. The summed E-state index contributed by atoms with van der Waals surface area (Å²) in [5, 5.41) is 17.6. The van der Waals surface area contributed by atoms with Gasteiger partial charge in [0.2, 0.25) is 0 Å². The molecule has 0 spiro atoms. The van der Waals surface area contributed by atoms with E-state index < -0.39 is 6.29 Å². The first kappa shape index (κ1) is 29.9. The first-order chi connectivity index (χ1) is 14.8. The van der Waals surface area contributed by atoms with E-state index in [-0.39, 0.29) is 0 Å². The summed E-state index contributed by atoms with van der Waals surface area (Å²) in [4.78, 5) is 0. The van der Waals surface area contributed by atoms with Gasteiger partial charge in [-0.15, -0.1) is 0 Å². The average Bonchev–Trinajstić information content (AvgIpc) is 2.73. The molecule has 0 aliphatic carbocycles. The molecule has 30 heavy (non-hydrogen) atoms. The van der Waals surface area contributed by atoms with Crippen LogP contribution in [0.3, 0.4) is 0 Å². The van der Waals surface area contributed by atoms with E-state index in [0.29, 0.717) is 6.42 Å². The zero-order valence-electron chi connectivity index (χ0n) is 20.9. The maximum absolute atomic E-state index is 8.79. The summed E-state index contributed by atoms with van der Waals surface area (Å²) >= 11 is 0. The normalized spacial score (nSPS) is 11.6. The number of unbranched alkanes of at least 4 members (excludes halogenated alkanes) is 24. The minimum atomic E-state index is -1.10. The molecular weight excluding hydrogens is 368 g/mol. The molecule has 0 bridgehead atoms. The number of hydrogen-bond acceptors (Lipinski definition) is 2. The first-order valence-electron chi connectivity index (χ1n) is 14.1. The third-order valence-electron chi connectivity index (χ3n) is 6.57. The van der Waals surface area contributed by atoms with Crippen molar-refractivity contribution in [3.8, 4) is 0 Å². The van der Waals surface area contributed by atoms with Crippen molar-refractivity contribution in [2.75, 3.05) is 0 Å². The molecule has 0 atom stereocenters. The lowest BCUT2D eigenvalue weighted by atomic mass is 10.0. The topological polar surface area (TPSA) is 40.5 Å². The number of aliphatic hydroxyl groups is 2. The summed E-state index contributed by atoms with van der Waals surface area (Å²) in [6, 6.07) is 0. The molecule has 0 saturated carbocycles. The molecule has 0 fully saturated rings. The molecule has 0 amide bonds. The Morgan fingerprint density at radius 2 is 0.533 bits per heavy atom. The smallest absolute Gasteiger partial charge is 0.151 e. The molecule has 2 N–H and O–H groups in total. The Bertz CT molecular complexity index is 290. The molecular formula is C28H58O2. The summed E-state index contributed by atoms with van der Waals surface area (Å²) in [5.41, 5.74) is 0. The van der Waals surface area contributed by atoms with Crippen LogP contribution in [0.15, 0.2) is 0 Å². The van der Waals surface area contributed by atoms with Gasteiger partial charge in [0.15, 0.2) is 6.29 Å². The second-order valence-electron chi connectivity index (χ2n) is 9.75. The zero-order valence-corrected chi connectivity index (χ0v) is 20.9. The van der Waals surface area contributed by atoms with Crippen molar-refractivity contribution in [1.82, 2.24) is 0 Å². The Kier molecular flexibility index (Phi) is 26.9. The maximum Gasteiger partial charge on any atom is 0.151 e. The van der Waals surface area contributed by atoms with Crippen LogP contribution in [0.5, 0.6) is 0 Å². The molecule has 0 radical (unpaired) electrons. The lowest BCUT2D eigenvalue weighted by molar-refractivity contribution is -0.0466. The fourth-order valence-corrected chi connectivity index (χ4v) is 4.47. The van der Waals surface area contributed by atoms with Crippen molar-refractivity contribution in [3.05, 3.63) is 0 Å². The van der Waals surface area contributed by atoms with Gasteiger partial charge in [0.1, 0.15) is 0 Å². The number of aliphatic hydroxyl groups excluding tert-OH is 1. The van der Waals surface area contributed by atoms with Crippen LogP contribution >= 0.6 is 0 Å². The second kappa shape index (κ2) is 27.0. The lowest BCUT2D eigenvalue weighted by Crippen LogP contribution is -2.02. The van der Waals surface area contributed by atoms with Gasteiger partial charge in [-0.1, -0.05) is 161 Å². The molecule has 0 heterocycles. The van der Waals surface area contributed by atoms with E-state index in [1.165, 1.54) is 148 Å². The molecule has 0 unspecified atom stereocenters. The fraction of sp³-hybridized carbons (Fsp3) is 1.00. The quantitative estimate of drug-likeness (QED) is 0.107. The number of hydrogen-bond donors (Lipinski definition) is 2. The third-order valence-corrected chi connectivity index (χ3v) is 6.57. The summed E-state index contributed by atoms with van der Waals surface area (Å²) in [5.74, 6) is 0. The highest BCUT2D eigenvalue weighted by Gasteiger charge is 1.98. The molecule has 0 aromatic heterocycles. The van der Waals surface area contributed by atoms with Gasteiger partial charge in [-0.25, -0.2) is 0 Å². The van der Waals surface area contributed by atoms with Gasteiger partial charge in [0, 0.05) is 0 Å². The van der Waals surface area contributed by atoms with Gasteiger partial charge < -0.3 is 10.2 Å². The lowest BCUT2D eigenvalue weighted by Gasteiger charge is -2.05. The molecule has 2 nitrogen and oxygen atoms in total. The molecule has 0 saturated heterocycles. The van der Waals surface area contributed by atoms with Gasteiger partial charge >= 0.3 is 0 Å². The minimum Gasteiger partial charge on any atom is -0.368 e. The van der Waals surface area contributed by atoms with E-state index in [2.05, 4.69) is 6.92 Å². The predicted molar refractivity (Wildman–Crippen MR) is 134 cm³/mol.